The Morgan fingerprint density at radius 3 is 2.47 bits per heavy atom. The third kappa shape index (κ3) is 4.20. The SMILES string of the molecule is CCN(C(=O)CCn1c(=O)oc2cc(S(=O)(=O)N3CCCC3)ccc21)c1ccc(F)cc1. The van der Waals surface area contributed by atoms with E-state index >= 15 is 0 Å². The highest BCUT2D eigenvalue weighted by Gasteiger charge is 2.28. The van der Waals surface area contributed by atoms with E-state index in [1.807, 2.05) is 6.92 Å². The van der Waals surface area contributed by atoms with Crippen LogP contribution in [-0.2, 0) is 21.4 Å². The van der Waals surface area contributed by atoms with Gasteiger partial charge in [-0.15, -0.1) is 0 Å². The highest BCUT2D eigenvalue weighted by molar-refractivity contribution is 7.89. The number of hydrogen-bond donors (Lipinski definition) is 0. The van der Waals surface area contributed by atoms with Gasteiger partial charge < -0.3 is 9.32 Å². The third-order valence-corrected chi connectivity index (χ3v) is 7.54. The van der Waals surface area contributed by atoms with Crippen LogP contribution in [0, 0.1) is 5.82 Å². The molecule has 170 valence electrons. The predicted octanol–water partition coefficient (Wildman–Crippen LogP) is 2.96. The molecule has 1 aliphatic heterocycles. The molecule has 1 amide bonds. The first-order chi connectivity index (χ1) is 15.3. The van der Waals surface area contributed by atoms with E-state index in [1.165, 1.54) is 56.2 Å². The number of sulfonamides is 1. The molecular weight excluding hydrogens is 437 g/mol. The van der Waals surface area contributed by atoms with E-state index in [1.54, 1.807) is 0 Å². The van der Waals surface area contributed by atoms with Crippen LogP contribution in [0.2, 0.25) is 0 Å². The molecule has 0 unspecified atom stereocenters. The molecule has 3 aromatic rings. The molecule has 32 heavy (non-hydrogen) atoms. The quantitative estimate of drug-likeness (QED) is 0.539. The van der Waals surface area contributed by atoms with Crippen LogP contribution in [0.4, 0.5) is 10.1 Å². The zero-order valence-corrected chi connectivity index (χ0v) is 18.5. The number of hydrogen-bond acceptors (Lipinski definition) is 5. The molecule has 0 bridgehead atoms. The number of rotatable bonds is 7. The normalized spacial score (nSPS) is 14.8. The van der Waals surface area contributed by atoms with Crippen LogP contribution < -0.4 is 10.7 Å². The van der Waals surface area contributed by atoms with Crippen LogP contribution >= 0.6 is 0 Å². The summed E-state index contributed by atoms with van der Waals surface area (Å²) in [6.07, 6.45) is 1.68. The zero-order valence-electron chi connectivity index (χ0n) is 17.7. The van der Waals surface area contributed by atoms with Crippen molar-refractivity contribution in [2.75, 3.05) is 24.5 Å². The van der Waals surface area contributed by atoms with Gasteiger partial charge in [0.1, 0.15) is 5.82 Å². The van der Waals surface area contributed by atoms with Crippen LogP contribution in [-0.4, -0.2) is 42.8 Å². The average Bonchev–Trinajstić information content (AvgIpc) is 3.42. The van der Waals surface area contributed by atoms with Crippen molar-refractivity contribution in [3.8, 4) is 0 Å². The smallest absolute Gasteiger partial charge is 0.408 e. The molecule has 10 heteroatoms. The van der Waals surface area contributed by atoms with Gasteiger partial charge in [-0.05, 0) is 56.2 Å². The number of aromatic nitrogens is 1. The lowest BCUT2D eigenvalue weighted by molar-refractivity contribution is -0.118. The number of fused-ring (bicyclic) bond motifs is 1. The van der Waals surface area contributed by atoms with Crippen LogP contribution in [0.1, 0.15) is 26.2 Å². The summed E-state index contributed by atoms with van der Waals surface area (Å²) in [5.74, 6) is -1.28. The molecule has 0 spiro atoms. The molecule has 2 heterocycles. The fraction of sp³-hybridized carbons (Fsp3) is 0.364. The van der Waals surface area contributed by atoms with Crippen LogP contribution in [0.5, 0.6) is 0 Å². The van der Waals surface area contributed by atoms with Gasteiger partial charge >= 0.3 is 5.76 Å². The topological polar surface area (TPSA) is 92.8 Å². The van der Waals surface area contributed by atoms with Gasteiger partial charge in [0.15, 0.2) is 5.58 Å². The second kappa shape index (κ2) is 8.87. The summed E-state index contributed by atoms with van der Waals surface area (Å²) in [4.78, 5) is 26.7. The van der Waals surface area contributed by atoms with Gasteiger partial charge in [0.25, 0.3) is 0 Å². The molecule has 0 radical (unpaired) electrons. The Morgan fingerprint density at radius 2 is 1.81 bits per heavy atom. The minimum atomic E-state index is -3.63. The highest BCUT2D eigenvalue weighted by Crippen LogP contribution is 2.24. The van der Waals surface area contributed by atoms with Crippen molar-refractivity contribution >= 4 is 32.7 Å². The fourth-order valence-corrected chi connectivity index (χ4v) is 5.50. The second-order valence-electron chi connectivity index (χ2n) is 7.62. The summed E-state index contributed by atoms with van der Waals surface area (Å²) in [7, 11) is -3.63. The number of amides is 1. The van der Waals surface area contributed by atoms with Gasteiger partial charge in [-0.3, -0.25) is 9.36 Å². The summed E-state index contributed by atoms with van der Waals surface area (Å²) in [5, 5.41) is 0. The Bertz CT molecular complexity index is 1290. The maximum absolute atomic E-state index is 13.2. The van der Waals surface area contributed by atoms with E-state index in [0.29, 0.717) is 30.8 Å². The fourth-order valence-electron chi connectivity index (χ4n) is 3.96. The molecule has 1 aliphatic rings. The number of nitrogens with zero attached hydrogens (tertiary/aromatic N) is 3. The van der Waals surface area contributed by atoms with E-state index in [2.05, 4.69) is 0 Å². The second-order valence-corrected chi connectivity index (χ2v) is 9.56. The van der Waals surface area contributed by atoms with Crippen molar-refractivity contribution in [3.05, 3.63) is 58.8 Å². The standard InChI is InChI=1S/C22H24FN3O5S/c1-2-25(17-7-5-16(23)6-8-17)21(27)11-14-26-19-10-9-18(15-20(19)31-22(26)28)32(29,30)24-12-3-4-13-24/h5-10,15H,2-4,11-14H2,1H3. The minimum Gasteiger partial charge on any atom is -0.408 e. The van der Waals surface area contributed by atoms with E-state index in [-0.39, 0.29) is 35.2 Å². The van der Waals surface area contributed by atoms with E-state index in [9.17, 15) is 22.4 Å². The number of halogens is 1. The van der Waals surface area contributed by atoms with Crippen molar-refractivity contribution in [1.29, 1.82) is 0 Å². The molecule has 0 N–H and O–H groups in total. The molecule has 1 saturated heterocycles. The maximum atomic E-state index is 13.2. The Kier molecular flexibility index (Phi) is 6.16. The first-order valence-electron chi connectivity index (χ1n) is 10.5. The third-order valence-electron chi connectivity index (χ3n) is 5.65. The Balaban J connectivity index is 1.54. The van der Waals surface area contributed by atoms with Crippen molar-refractivity contribution in [2.45, 2.75) is 37.6 Å². The number of benzene rings is 2. The summed E-state index contributed by atoms with van der Waals surface area (Å²) >= 11 is 0. The van der Waals surface area contributed by atoms with Gasteiger partial charge in [-0.1, -0.05) is 0 Å². The summed E-state index contributed by atoms with van der Waals surface area (Å²) in [5.41, 5.74) is 1.15. The maximum Gasteiger partial charge on any atom is 0.419 e. The molecule has 0 atom stereocenters. The number of oxazole rings is 1. The van der Waals surface area contributed by atoms with Crippen LogP contribution in [0.25, 0.3) is 11.1 Å². The first kappa shape index (κ1) is 22.2. The molecule has 0 aliphatic carbocycles. The van der Waals surface area contributed by atoms with Gasteiger partial charge in [0, 0.05) is 44.4 Å². The number of carbonyl (C=O) groups excluding carboxylic acids is 1. The molecule has 0 saturated carbocycles. The highest BCUT2D eigenvalue weighted by atomic mass is 32.2. The first-order valence-corrected chi connectivity index (χ1v) is 11.9. The summed E-state index contributed by atoms with van der Waals surface area (Å²) < 4.78 is 46.7. The van der Waals surface area contributed by atoms with Gasteiger partial charge in [-0.25, -0.2) is 17.6 Å². The number of aryl methyl sites for hydroxylation is 1. The monoisotopic (exact) mass is 461 g/mol. The van der Waals surface area contributed by atoms with Gasteiger partial charge in [0.05, 0.1) is 10.4 Å². The molecule has 1 fully saturated rings. The average molecular weight is 462 g/mol. The lowest BCUT2D eigenvalue weighted by Gasteiger charge is -2.21. The minimum absolute atomic E-state index is 0.0214. The number of carbonyl (C=O) groups is 1. The van der Waals surface area contributed by atoms with Crippen LogP contribution in [0.15, 0.2) is 56.6 Å². The lowest BCUT2D eigenvalue weighted by atomic mass is 10.2. The summed E-state index contributed by atoms with van der Waals surface area (Å²) in [6.45, 7) is 3.23. The molecular formula is C22H24FN3O5S. The van der Waals surface area contributed by atoms with Crippen molar-refractivity contribution < 1.29 is 22.0 Å². The number of anilines is 1. The largest absolute Gasteiger partial charge is 0.419 e. The zero-order chi connectivity index (χ0) is 22.9. The van der Waals surface area contributed by atoms with Crippen molar-refractivity contribution in [1.82, 2.24) is 8.87 Å². The lowest BCUT2D eigenvalue weighted by Crippen LogP contribution is -2.32. The van der Waals surface area contributed by atoms with Crippen LogP contribution in [0.3, 0.4) is 0 Å². The van der Waals surface area contributed by atoms with E-state index in [0.717, 1.165) is 12.8 Å². The van der Waals surface area contributed by atoms with E-state index in [4.69, 9.17) is 4.42 Å². The Hall–Kier alpha value is -2.98. The van der Waals surface area contributed by atoms with Crippen molar-refractivity contribution in [3.63, 3.8) is 0 Å². The molecule has 4 rings (SSSR count). The molecule has 1 aromatic heterocycles. The van der Waals surface area contributed by atoms with E-state index < -0.39 is 15.8 Å². The predicted molar refractivity (Wildman–Crippen MR) is 118 cm³/mol. The Labute approximate surface area is 184 Å². The van der Waals surface area contributed by atoms with Gasteiger partial charge in [-0.2, -0.15) is 4.31 Å². The summed E-state index contributed by atoms with van der Waals surface area (Å²) in [6, 6.07) is 9.97. The van der Waals surface area contributed by atoms with Crippen molar-refractivity contribution in [2.24, 2.45) is 0 Å². The van der Waals surface area contributed by atoms with Gasteiger partial charge in [0.2, 0.25) is 15.9 Å². The molecule has 2 aromatic carbocycles. The molecule has 8 nitrogen and oxygen atoms in total. The Morgan fingerprint density at radius 1 is 1.12 bits per heavy atom.